The van der Waals surface area contributed by atoms with Gasteiger partial charge in [-0.1, -0.05) is 16.8 Å². The molecule has 2 heterocycles. The van der Waals surface area contributed by atoms with Gasteiger partial charge >= 0.3 is 0 Å². The quantitative estimate of drug-likeness (QED) is 0.854. The van der Waals surface area contributed by atoms with Crippen LogP contribution >= 0.6 is 11.6 Å². The van der Waals surface area contributed by atoms with Crippen molar-refractivity contribution in [1.29, 1.82) is 0 Å². The first-order valence-corrected chi connectivity index (χ1v) is 7.10. The van der Waals surface area contributed by atoms with E-state index in [0.29, 0.717) is 28.8 Å². The maximum Gasteiger partial charge on any atom is 0.280 e. The lowest BCUT2D eigenvalue weighted by molar-refractivity contribution is 0.0975. The molecule has 0 fully saturated rings. The number of nitrogens with zero attached hydrogens (tertiary/aromatic N) is 2. The molecule has 0 spiro atoms. The van der Waals surface area contributed by atoms with Crippen LogP contribution < -0.4 is 9.64 Å². The van der Waals surface area contributed by atoms with E-state index in [1.54, 1.807) is 37.1 Å². The third kappa shape index (κ3) is 2.38. The number of fused-ring (bicyclic) bond motifs is 1. The van der Waals surface area contributed by atoms with Crippen LogP contribution in [0.3, 0.4) is 0 Å². The zero-order valence-corrected chi connectivity index (χ0v) is 12.6. The Bertz CT molecular complexity index is 696. The summed E-state index contributed by atoms with van der Waals surface area (Å²) in [5.74, 6) is 1.05. The lowest BCUT2D eigenvalue weighted by Crippen LogP contribution is -2.36. The number of amides is 1. The minimum atomic E-state index is -0.201. The third-order valence-corrected chi connectivity index (χ3v) is 3.93. The first-order chi connectivity index (χ1) is 10.1. The molecule has 0 aliphatic carbocycles. The average Bonchev–Trinajstić information content (AvgIpc) is 2.93. The van der Waals surface area contributed by atoms with Gasteiger partial charge in [0.2, 0.25) is 0 Å². The van der Waals surface area contributed by atoms with Crippen LogP contribution in [0.25, 0.3) is 0 Å². The van der Waals surface area contributed by atoms with Gasteiger partial charge < -0.3 is 14.2 Å². The molecule has 1 aromatic carbocycles. The highest BCUT2D eigenvalue weighted by molar-refractivity contribution is 6.32. The van der Waals surface area contributed by atoms with E-state index in [-0.39, 0.29) is 5.91 Å². The van der Waals surface area contributed by atoms with Crippen molar-refractivity contribution in [2.45, 2.75) is 19.8 Å². The number of aromatic nitrogens is 1. The van der Waals surface area contributed by atoms with Crippen LogP contribution in [-0.2, 0) is 6.42 Å². The van der Waals surface area contributed by atoms with Crippen molar-refractivity contribution >= 4 is 23.2 Å². The highest BCUT2D eigenvalue weighted by atomic mass is 35.5. The molecule has 110 valence electrons. The molecule has 2 aromatic rings. The van der Waals surface area contributed by atoms with E-state index >= 15 is 0 Å². The minimum absolute atomic E-state index is 0.201. The lowest BCUT2D eigenvalue weighted by atomic mass is 10.0. The number of anilines is 1. The van der Waals surface area contributed by atoms with E-state index in [2.05, 4.69) is 5.16 Å². The Morgan fingerprint density at radius 3 is 2.95 bits per heavy atom. The average molecular weight is 307 g/mol. The van der Waals surface area contributed by atoms with Crippen LogP contribution in [0.1, 0.15) is 28.2 Å². The fourth-order valence-electron chi connectivity index (χ4n) is 2.62. The van der Waals surface area contributed by atoms with E-state index in [9.17, 15) is 4.79 Å². The van der Waals surface area contributed by atoms with Crippen molar-refractivity contribution in [2.24, 2.45) is 0 Å². The molecule has 6 heteroatoms. The molecule has 1 aliphatic heterocycles. The van der Waals surface area contributed by atoms with Gasteiger partial charge in [0.05, 0.1) is 12.8 Å². The van der Waals surface area contributed by atoms with Crippen molar-refractivity contribution < 1.29 is 14.1 Å². The molecule has 1 aromatic heterocycles. The topological polar surface area (TPSA) is 55.6 Å². The summed E-state index contributed by atoms with van der Waals surface area (Å²) in [6.45, 7) is 2.36. The van der Waals surface area contributed by atoms with Crippen molar-refractivity contribution in [3.05, 3.63) is 40.2 Å². The molecule has 1 aliphatic rings. The largest absolute Gasteiger partial charge is 0.495 e. The molecule has 0 N–H and O–H groups in total. The summed E-state index contributed by atoms with van der Waals surface area (Å²) in [7, 11) is 1.58. The van der Waals surface area contributed by atoms with Crippen LogP contribution in [0.2, 0.25) is 5.02 Å². The van der Waals surface area contributed by atoms with Crippen molar-refractivity contribution in [1.82, 2.24) is 5.16 Å². The van der Waals surface area contributed by atoms with Crippen molar-refractivity contribution in [3.63, 3.8) is 0 Å². The van der Waals surface area contributed by atoms with Gasteiger partial charge in [0.1, 0.15) is 11.5 Å². The minimum Gasteiger partial charge on any atom is -0.495 e. The smallest absolute Gasteiger partial charge is 0.280 e. The summed E-state index contributed by atoms with van der Waals surface area (Å²) in [6.07, 6.45) is 1.68. The summed E-state index contributed by atoms with van der Waals surface area (Å²) < 4.78 is 10.4. The Balaban J connectivity index is 2.08. The summed E-state index contributed by atoms with van der Waals surface area (Å²) in [6, 6.07) is 5.21. The number of carbonyl (C=O) groups excluding carboxylic acids is 1. The van der Waals surface area contributed by atoms with Gasteiger partial charge in [0.25, 0.3) is 5.91 Å². The molecule has 1 amide bonds. The summed E-state index contributed by atoms with van der Waals surface area (Å²) >= 11 is 6.26. The van der Waals surface area contributed by atoms with Crippen molar-refractivity contribution in [2.75, 3.05) is 18.6 Å². The summed E-state index contributed by atoms with van der Waals surface area (Å²) in [4.78, 5) is 14.3. The molecule has 0 unspecified atom stereocenters. The first kappa shape index (κ1) is 13.9. The second-order valence-electron chi connectivity index (χ2n) is 4.96. The van der Waals surface area contributed by atoms with E-state index < -0.39 is 0 Å². The van der Waals surface area contributed by atoms with Gasteiger partial charge in [-0.15, -0.1) is 0 Å². The van der Waals surface area contributed by atoms with E-state index in [1.165, 1.54) is 0 Å². The van der Waals surface area contributed by atoms with Crippen molar-refractivity contribution in [3.8, 4) is 5.75 Å². The molecular formula is C15H15ClN2O3. The van der Waals surface area contributed by atoms with E-state index in [4.69, 9.17) is 20.9 Å². The predicted octanol–water partition coefficient (Wildman–Crippen LogP) is 3.24. The number of methoxy groups -OCH3 is 1. The Morgan fingerprint density at radius 2 is 2.29 bits per heavy atom. The zero-order chi connectivity index (χ0) is 15.0. The van der Waals surface area contributed by atoms with Crippen LogP contribution in [0, 0.1) is 6.92 Å². The van der Waals surface area contributed by atoms with Gasteiger partial charge in [0.15, 0.2) is 5.69 Å². The monoisotopic (exact) mass is 306 g/mol. The highest BCUT2D eigenvalue weighted by Crippen LogP contribution is 2.40. The van der Waals surface area contributed by atoms with Gasteiger partial charge in [-0.3, -0.25) is 4.79 Å². The second-order valence-corrected chi connectivity index (χ2v) is 5.37. The van der Waals surface area contributed by atoms with E-state index in [1.807, 2.05) is 0 Å². The fraction of sp³-hybridized carbons (Fsp3) is 0.333. The van der Waals surface area contributed by atoms with Crippen LogP contribution in [-0.4, -0.2) is 24.7 Å². The Morgan fingerprint density at radius 1 is 1.48 bits per heavy atom. The second kappa shape index (κ2) is 5.41. The molecule has 0 saturated heterocycles. The number of rotatable bonds is 2. The van der Waals surface area contributed by atoms with Crippen LogP contribution in [0.5, 0.6) is 5.75 Å². The number of aryl methyl sites for hydroxylation is 1. The standard InChI is InChI=1S/C15H15ClN2O3/c1-9-8-12(17-21-9)15(19)18-7-3-4-10-11(16)5-6-13(20-2)14(10)18/h5-6,8H,3-4,7H2,1-2H3. The summed E-state index contributed by atoms with van der Waals surface area (Å²) in [5.41, 5.74) is 1.97. The normalized spacial score (nSPS) is 14.0. The Hall–Kier alpha value is -2.01. The summed E-state index contributed by atoms with van der Waals surface area (Å²) in [5, 5.41) is 4.45. The SMILES string of the molecule is COc1ccc(Cl)c2c1N(C(=O)c1cc(C)on1)CCC2. The van der Waals surface area contributed by atoms with Crippen LogP contribution in [0.15, 0.2) is 22.7 Å². The van der Waals surface area contributed by atoms with Crippen LogP contribution in [0.4, 0.5) is 5.69 Å². The highest BCUT2D eigenvalue weighted by Gasteiger charge is 2.29. The number of benzene rings is 1. The van der Waals surface area contributed by atoms with Gasteiger partial charge in [-0.05, 0) is 37.5 Å². The third-order valence-electron chi connectivity index (χ3n) is 3.58. The first-order valence-electron chi connectivity index (χ1n) is 6.72. The maximum atomic E-state index is 12.7. The number of hydrogen-bond donors (Lipinski definition) is 0. The zero-order valence-electron chi connectivity index (χ0n) is 11.9. The van der Waals surface area contributed by atoms with Gasteiger partial charge in [-0.25, -0.2) is 0 Å². The number of ether oxygens (including phenoxy) is 1. The lowest BCUT2D eigenvalue weighted by Gasteiger charge is -2.30. The molecule has 0 radical (unpaired) electrons. The molecule has 0 atom stereocenters. The van der Waals surface area contributed by atoms with E-state index in [0.717, 1.165) is 24.1 Å². The Kier molecular flexibility index (Phi) is 3.59. The molecule has 0 bridgehead atoms. The number of carbonyl (C=O) groups is 1. The molecular weight excluding hydrogens is 292 g/mol. The predicted molar refractivity (Wildman–Crippen MR) is 79.2 cm³/mol. The molecule has 21 heavy (non-hydrogen) atoms. The molecule has 0 saturated carbocycles. The fourth-order valence-corrected chi connectivity index (χ4v) is 2.87. The Labute approximate surface area is 127 Å². The number of hydrogen-bond acceptors (Lipinski definition) is 4. The van der Waals surface area contributed by atoms with Gasteiger partial charge in [0, 0.05) is 17.6 Å². The molecule has 3 rings (SSSR count). The number of halogens is 1. The van der Waals surface area contributed by atoms with Gasteiger partial charge in [-0.2, -0.15) is 0 Å². The molecule has 5 nitrogen and oxygen atoms in total. The maximum absolute atomic E-state index is 12.7.